The van der Waals surface area contributed by atoms with Crippen LogP contribution in [0.2, 0.25) is 0 Å². The zero-order valence-corrected chi connectivity index (χ0v) is 18.1. The standard InChI is InChI=1S/C21H29N5O2S/c1-4-6-7-12-28-16-10-8-15(9-11-16)18-17(19(22)27)14(3)23-20-24-21(25-26(18)20)29-13-5-2/h8-11,18H,4-7,12-13H2,1-3H3,(H2,22,27)(H,23,24,25). The van der Waals surface area contributed by atoms with E-state index in [2.05, 4.69) is 29.2 Å². The molecule has 2 aromatic rings. The molecule has 0 fully saturated rings. The maximum absolute atomic E-state index is 12.2. The molecule has 1 aliphatic heterocycles. The number of aromatic nitrogens is 3. The molecule has 1 aromatic heterocycles. The lowest BCUT2D eigenvalue weighted by Crippen LogP contribution is -2.31. The molecule has 0 saturated carbocycles. The molecule has 1 aliphatic rings. The minimum atomic E-state index is -0.469. The number of carbonyl (C=O) groups is 1. The van der Waals surface area contributed by atoms with Crippen molar-refractivity contribution in [2.75, 3.05) is 17.7 Å². The maximum Gasteiger partial charge on any atom is 0.248 e. The highest BCUT2D eigenvalue weighted by Gasteiger charge is 2.33. The van der Waals surface area contributed by atoms with E-state index in [0.29, 0.717) is 29.0 Å². The molecule has 0 saturated heterocycles. The molecule has 29 heavy (non-hydrogen) atoms. The van der Waals surface area contributed by atoms with Crippen molar-refractivity contribution in [1.82, 2.24) is 14.8 Å². The first-order chi connectivity index (χ1) is 14.0. The van der Waals surface area contributed by atoms with Crippen LogP contribution in [-0.4, -0.2) is 33.0 Å². The van der Waals surface area contributed by atoms with Crippen molar-refractivity contribution in [3.63, 3.8) is 0 Å². The van der Waals surface area contributed by atoms with Gasteiger partial charge in [-0.05, 0) is 37.5 Å². The summed E-state index contributed by atoms with van der Waals surface area (Å²) in [6.45, 7) is 6.84. The van der Waals surface area contributed by atoms with Crippen molar-refractivity contribution in [2.24, 2.45) is 5.73 Å². The van der Waals surface area contributed by atoms with Gasteiger partial charge in [-0.3, -0.25) is 4.79 Å². The summed E-state index contributed by atoms with van der Waals surface area (Å²) in [5, 5.41) is 8.50. The minimum absolute atomic E-state index is 0.415. The molecule has 3 N–H and O–H groups in total. The summed E-state index contributed by atoms with van der Waals surface area (Å²) in [7, 11) is 0. The molecule has 2 heterocycles. The van der Waals surface area contributed by atoms with E-state index < -0.39 is 11.9 Å². The molecule has 1 unspecified atom stereocenters. The van der Waals surface area contributed by atoms with Crippen LogP contribution in [0.3, 0.4) is 0 Å². The number of fused-ring (bicyclic) bond motifs is 1. The van der Waals surface area contributed by atoms with E-state index >= 15 is 0 Å². The number of nitrogens with two attached hydrogens (primary N) is 1. The van der Waals surface area contributed by atoms with Gasteiger partial charge in [0.2, 0.25) is 17.0 Å². The highest BCUT2D eigenvalue weighted by molar-refractivity contribution is 7.99. The van der Waals surface area contributed by atoms with Gasteiger partial charge >= 0.3 is 0 Å². The average Bonchev–Trinajstić information content (AvgIpc) is 3.11. The Morgan fingerprint density at radius 2 is 2.00 bits per heavy atom. The molecule has 7 nitrogen and oxygen atoms in total. The van der Waals surface area contributed by atoms with Gasteiger partial charge in [0.15, 0.2) is 0 Å². The van der Waals surface area contributed by atoms with Gasteiger partial charge in [-0.15, -0.1) is 5.10 Å². The minimum Gasteiger partial charge on any atom is -0.494 e. The maximum atomic E-state index is 12.2. The van der Waals surface area contributed by atoms with Gasteiger partial charge < -0.3 is 15.8 Å². The quantitative estimate of drug-likeness (QED) is 0.448. The van der Waals surface area contributed by atoms with Crippen LogP contribution in [0.4, 0.5) is 5.95 Å². The number of anilines is 1. The molecule has 8 heteroatoms. The van der Waals surface area contributed by atoms with Gasteiger partial charge in [-0.2, -0.15) is 4.98 Å². The second kappa shape index (κ2) is 9.82. The first-order valence-corrected chi connectivity index (χ1v) is 11.1. The summed E-state index contributed by atoms with van der Waals surface area (Å²) in [6.07, 6.45) is 4.40. The zero-order chi connectivity index (χ0) is 20.8. The molecule has 0 radical (unpaired) electrons. The number of hydrogen-bond donors (Lipinski definition) is 2. The fourth-order valence-electron chi connectivity index (χ4n) is 3.30. The molecule has 3 rings (SSSR count). The summed E-state index contributed by atoms with van der Waals surface area (Å²) in [5.41, 5.74) is 7.84. The highest BCUT2D eigenvalue weighted by atomic mass is 32.2. The Morgan fingerprint density at radius 3 is 2.66 bits per heavy atom. The molecule has 0 bridgehead atoms. The number of primary amides is 1. The molecular formula is C21H29N5O2S. The lowest BCUT2D eigenvalue weighted by atomic mass is 9.95. The van der Waals surface area contributed by atoms with Gasteiger partial charge in [-0.1, -0.05) is 50.6 Å². The summed E-state index contributed by atoms with van der Waals surface area (Å²) >= 11 is 1.60. The SMILES string of the molecule is CCCCCOc1ccc(C2C(C(N)=O)=C(C)Nc3nc(SCCC)nn32)cc1. The van der Waals surface area contributed by atoms with E-state index in [1.54, 1.807) is 16.4 Å². The number of ether oxygens (including phenoxy) is 1. The third kappa shape index (κ3) is 4.93. The van der Waals surface area contributed by atoms with Crippen LogP contribution in [0.25, 0.3) is 0 Å². The number of carbonyl (C=O) groups excluding carboxylic acids is 1. The number of nitrogens with one attached hydrogen (secondary N) is 1. The third-order valence-electron chi connectivity index (χ3n) is 4.75. The number of rotatable bonds is 10. The van der Waals surface area contributed by atoms with Crippen LogP contribution in [0.5, 0.6) is 5.75 Å². The fourth-order valence-corrected chi connectivity index (χ4v) is 3.99. The average molecular weight is 416 g/mol. The lowest BCUT2D eigenvalue weighted by Gasteiger charge is -2.27. The number of allylic oxidation sites excluding steroid dienone is 1. The van der Waals surface area contributed by atoms with Gasteiger partial charge in [0.25, 0.3) is 0 Å². The largest absolute Gasteiger partial charge is 0.494 e. The topological polar surface area (TPSA) is 95.1 Å². The van der Waals surface area contributed by atoms with Gasteiger partial charge in [0.1, 0.15) is 11.8 Å². The van der Waals surface area contributed by atoms with E-state index in [0.717, 1.165) is 36.3 Å². The van der Waals surface area contributed by atoms with Crippen molar-refractivity contribution >= 4 is 23.6 Å². The molecule has 0 aliphatic carbocycles. The summed E-state index contributed by atoms with van der Waals surface area (Å²) in [4.78, 5) is 16.8. The van der Waals surface area contributed by atoms with Crippen LogP contribution in [0, 0.1) is 0 Å². The molecule has 0 spiro atoms. The molecule has 1 amide bonds. The zero-order valence-electron chi connectivity index (χ0n) is 17.3. The third-order valence-corrected chi connectivity index (χ3v) is 5.79. The Balaban J connectivity index is 1.89. The second-order valence-corrected chi connectivity index (χ2v) is 8.13. The molecule has 1 atom stereocenters. The van der Waals surface area contributed by atoms with E-state index in [-0.39, 0.29) is 0 Å². The van der Waals surface area contributed by atoms with E-state index in [1.807, 2.05) is 31.2 Å². The van der Waals surface area contributed by atoms with Crippen LogP contribution in [-0.2, 0) is 4.79 Å². The Labute approximate surface area is 176 Å². The lowest BCUT2D eigenvalue weighted by molar-refractivity contribution is -0.115. The molecule has 156 valence electrons. The number of thioether (sulfide) groups is 1. The first-order valence-electron chi connectivity index (χ1n) is 10.1. The smallest absolute Gasteiger partial charge is 0.248 e. The first kappa shape index (κ1) is 21.2. The number of hydrogen-bond acceptors (Lipinski definition) is 6. The van der Waals surface area contributed by atoms with Crippen molar-refractivity contribution in [2.45, 2.75) is 57.7 Å². The second-order valence-electron chi connectivity index (χ2n) is 7.07. The van der Waals surface area contributed by atoms with Crippen LogP contribution in [0.15, 0.2) is 40.7 Å². The van der Waals surface area contributed by atoms with E-state index in [4.69, 9.17) is 10.5 Å². The van der Waals surface area contributed by atoms with E-state index in [9.17, 15) is 4.79 Å². The van der Waals surface area contributed by atoms with Gasteiger partial charge in [-0.25, -0.2) is 4.68 Å². The number of benzene rings is 1. The van der Waals surface area contributed by atoms with Crippen molar-refractivity contribution in [3.05, 3.63) is 41.1 Å². The van der Waals surface area contributed by atoms with Gasteiger partial charge in [0, 0.05) is 11.4 Å². The number of unbranched alkanes of at least 4 members (excludes halogenated alkanes) is 2. The number of nitrogens with zero attached hydrogens (tertiary/aromatic N) is 3. The van der Waals surface area contributed by atoms with Gasteiger partial charge in [0.05, 0.1) is 12.2 Å². The van der Waals surface area contributed by atoms with Crippen molar-refractivity contribution in [3.8, 4) is 5.75 Å². The van der Waals surface area contributed by atoms with Crippen molar-refractivity contribution in [1.29, 1.82) is 0 Å². The Kier molecular flexibility index (Phi) is 7.19. The summed E-state index contributed by atoms with van der Waals surface area (Å²) < 4.78 is 7.56. The van der Waals surface area contributed by atoms with E-state index in [1.165, 1.54) is 6.42 Å². The monoisotopic (exact) mass is 415 g/mol. The Bertz CT molecular complexity index is 876. The van der Waals surface area contributed by atoms with Crippen molar-refractivity contribution < 1.29 is 9.53 Å². The fraction of sp³-hybridized carbons (Fsp3) is 0.476. The molecule has 1 aromatic carbocycles. The van der Waals surface area contributed by atoms with Crippen LogP contribution >= 0.6 is 11.8 Å². The van der Waals surface area contributed by atoms with Crippen LogP contribution in [0.1, 0.15) is 58.1 Å². The highest BCUT2D eigenvalue weighted by Crippen LogP contribution is 2.36. The summed E-state index contributed by atoms with van der Waals surface area (Å²) in [6, 6.07) is 7.37. The Hall–Kier alpha value is -2.48. The predicted octanol–water partition coefficient (Wildman–Crippen LogP) is 4.12. The number of amides is 1. The predicted molar refractivity (Wildman–Crippen MR) is 116 cm³/mol. The molecular weight excluding hydrogens is 386 g/mol. The van der Waals surface area contributed by atoms with Crippen LogP contribution < -0.4 is 15.8 Å². The Morgan fingerprint density at radius 1 is 1.24 bits per heavy atom. The summed E-state index contributed by atoms with van der Waals surface area (Å²) in [5.74, 6) is 1.91. The normalized spacial score (nSPS) is 15.8.